The molecule has 0 spiro atoms. The molecule has 2 aliphatic heterocycles. The first-order valence-electron chi connectivity index (χ1n) is 8.10. The fraction of sp³-hybridized carbons (Fsp3) is 0.800. The van der Waals surface area contributed by atoms with Crippen LogP contribution in [0.4, 0.5) is 0 Å². The van der Waals surface area contributed by atoms with Crippen LogP contribution in [0.2, 0.25) is 0 Å². The van der Waals surface area contributed by atoms with Crippen LogP contribution in [0.25, 0.3) is 0 Å². The predicted molar refractivity (Wildman–Crippen MR) is 85.7 cm³/mol. The van der Waals surface area contributed by atoms with E-state index in [0.29, 0.717) is 11.9 Å². The average Bonchev–Trinajstić information content (AvgIpc) is 3.02. The summed E-state index contributed by atoms with van der Waals surface area (Å²) < 4.78 is 0. The van der Waals surface area contributed by atoms with Gasteiger partial charge < -0.3 is 20.9 Å². The lowest BCUT2D eigenvalue weighted by molar-refractivity contribution is 0.175. The zero-order valence-electron chi connectivity index (χ0n) is 13.2. The summed E-state index contributed by atoms with van der Waals surface area (Å²) in [7, 11) is 4.17. The molecule has 1 unspecified atom stereocenters. The van der Waals surface area contributed by atoms with E-state index >= 15 is 0 Å². The van der Waals surface area contributed by atoms with Gasteiger partial charge in [-0.05, 0) is 33.0 Å². The Balaban J connectivity index is 1.83. The molecule has 1 aliphatic carbocycles. The molecule has 118 valence electrons. The Bertz CT molecular complexity index is 431. The summed E-state index contributed by atoms with van der Waals surface area (Å²) in [5.41, 5.74) is 5.77. The van der Waals surface area contributed by atoms with Gasteiger partial charge in [0.2, 0.25) is 0 Å². The van der Waals surface area contributed by atoms with Crippen molar-refractivity contribution in [1.82, 2.24) is 20.4 Å². The standard InChI is InChI=1S/C15H28N6/c1-17-15(12-5-3-4-6-12)11-13(18-14(16)19-15)21-9-7-20(2)8-10-21/h11-12,17H,3-10H2,1-2H3,(H3,16,18,19). The molecule has 4 N–H and O–H groups in total. The van der Waals surface area contributed by atoms with E-state index in [2.05, 4.69) is 33.6 Å². The third kappa shape index (κ3) is 2.87. The summed E-state index contributed by atoms with van der Waals surface area (Å²) in [5.74, 6) is 2.20. The van der Waals surface area contributed by atoms with Crippen molar-refractivity contribution < 1.29 is 0 Å². The number of guanidine groups is 1. The Kier molecular flexibility index (Phi) is 4.08. The molecule has 6 heteroatoms. The first-order valence-corrected chi connectivity index (χ1v) is 8.10. The fourth-order valence-electron chi connectivity index (χ4n) is 3.76. The number of piperazine rings is 1. The summed E-state index contributed by atoms with van der Waals surface area (Å²) in [6, 6.07) is 0. The van der Waals surface area contributed by atoms with E-state index in [0.717, 1.165) is 32.0 Å². The highest BCUT2D eigenvalue weighted by molar-refractivity contribution is 5.81. The number of rotatable bonds is 3. The summed E-state index contributed by atoms with van der Waals surface area (Å²) >= 11 is 0. The number of aliphatic imine (C=N–C) groups is 1. The van der Waals surface area contributed by atoms with E-state index in [1.54, 1.807) is 0 Å². The Morgan fingerprint density at radius 1 is 1.29 bits per heavy atom. The van der Waals surface area contributed by atoms with Crippen LogP contribution < -0.4 is 16.4 Å². The molecular formula is C15H28N6. The Morgan fingerprint density at radius 2 is 1.95 bits per heavy atom. The molecule has 3 rings (SSSR count). The third-order valence-electron chi connectivity index (χ3n) is 5.14. The maximum absolute atomic E-state index is 6.10. The zero-order chi connectivity index (χ0) is 14.9. The molecule has 0 aromatic heterocycles. The van der Waals surface area contributed by atoms with Crippen molar-refractivity contribution in [2.75, 3.05) is 40.3 Å². The first kappa shape index (κ1) is 14.7. The zero-order valence-corrected chi connectivity index (χ0v) is 13.2. The van der Waals surface area contributed by atoms with Gasteiger partial charge in [-0.3, -0.25) is 5.32 Å². The van der Waals surface area contributed by atoms with Crippen LogP contribution >= 0.6 is 0 Å². The maximum Gasteiger partial charge on any atom is 0.196 e. The van der Waals surface area contributed by atoms with Crippen molar-refractivity contribution >= 4 is 5.96 Å². The van der Waals surface area contributed by atoms with Crippen LogP contribution in [0.3, 0.4) is 0 Å². The number of nitrogens with one attached hydrogen (secondary N) is 2. The molecule has 1 atom stereocenters. The van der Waals surface area contributed by atoms with Crippen molar-refractivity contribution in [2.45, 2.75) is 31.3 Å². The van der Waals surface area contributed by atoms with Crippen LogP contribution in [-0.4, -0.2) is 61.7 Å². The molecule has 2 fully saturated rings. The largest absolute Gasteiger partial charge is 0.370 e. The van der Waals surface area contributed by atoms with Gasteiger partial charge in [-0.1, -0.05) is 12.8 Å². The third-order valence-corrected chi connectivity index (χ3v) is 5.14. The second kappa shape index (κ2) is 5.85. The number of hydrogen-bond acceptors (Lipinski definition) is 6. The van der Waals surface area contributed by atoms with Crippen molar-refractivity contribution in [3.05, 3.63) is 11.9 Å². The summed E-state index contributed by atoms with van der Waals surface area (Å²) in [6.45, 7) is 4.25. The Labute approximate surface area is 127 Å². The van der Waals surface area contributed by atoms with Crippen LogP contribution in [0, 0.1) is 5.92 Å². The topological polar surface area (TPSA) is 68.9 Å². The lowest BCUT2D eigenvalue weighted by Gasteiger charge is -2.41. The number of nitrogens with two attached hydrogens (primary N) is 1. The second-order valence-electron chi connectivity index (χ2n) is 6.50. The van der Waals surface area contributed by atoms with Gasteiger partial charge >= 0.3 is 0 Å². The van der Waals surface area contributed by atoms with Gasteiger partial charge in [-0.25, -0.2) is 4.99 Å². The smallest absolute Gasteiger partial charge is 0.196 e. The number of likely N-dealkylation sites (N-methyl/N-ethyl adjacent to an activating group) is 2. The summed E-state index contributed by atoms with van der Waals surface area (Å²) in [5, 5.41) is 6.72. The molecule has 0 radical (unpaired) electrons. The highest BCUT2D eigenvalue weighted by Gasteiger charge is 2.40. The highest BCUT2D eigenvalue weighted by Crippen LogP contribution is 2.37. The van der Waals surface area contributed by atoms with Crippen LogP contribution in [0.15, 0.2) is 16.9 Å². The van der Waals surface area contributed by atoms with E-state index in [1.165, 1.54) is 25.7 Å². The lowest BCUT2D eigenvalue weighted by atomic mass is 9.90. The van der Waals surface area contributed by atoms with Crippen molar-refractivity contribution in [3.8, 4) is 0 Å². The molecule has 6 nitrogen and oxygen atoms in total. The predicted octanol–water partition coefficient (Wildman–Crippen LogP) is 0.0990. The van der Waals surface area contributed by atoms with Gasteiger partial charge in [0.05, 0.1) is 0 Å². The minimum atomic E-state index is -0.329. The average molecular weight is 292 g/mol. The molecule has 2 heterocycles. The van der Waals surface area contributed by atoms with E-state index in [4.69, 9.17) is 10.7 Å². The van der Waals surface area contributed by atoms with Crippen molar-refractivity contribution in [2.24, 2.45) is 16.6 Å². The lowest BCUT2D eigenvalue weighted by Crippen LogP contribution is -2.56. The second-order valence-corrected chi connectivity index (χ2v) is 6.50. The molecule has 0 aromatic carbocycles. The van der Waals surface area contributed by atoms with Gasteiger partial charge in [-0.2, -0.15) is 0 Å². The highest BCUT2D eigenvalue weighted by atomic mass is 15.4. The first-order chi connectivity index (χ1) is 10.1. The van der Waals surface area contributed by atoms with Crippen molar-refractivity contribution in [3.63, 3.8) is 0 Å². The molecule has 0 bridgehead atoms. The van der Waals surface area contributed by atoms with Gasteiger partial charge in [0, 0.05) is 32.1 Å². The molecule has 0 amide bonds. The van der Waals surface area contributed by atoms with Crippen LogP contribution in [0.5, 0.6) is 0 Å². The molecule has 1 saturated heterocycles. The minimum Gasteiger partial charge on any atom is -0.370 e. The Hall–Kier alpha value is -1.27. The van der Waals surface area contributed by atoms with E-state index in [9.17, 15) is 0 Å². The van der Waals surface area contributed by atoms with E-state index in [1.807, 2.05) is 7.05 Å². The number of hydrogen-bond donors (Lipinski definition) is 3. The van der Waals surface area contributed by atoms with Gasteiger partial charge in [-0.15, -0.1) is 0 Å². The SMILES string of the molecule is CNC1(C2CCCC2)C=C(N2CCN(C)CC2)NC(N)=N1. The summed E-state index contributed by atoms with van der Waals surface area (Å²) in [4.78, 5) is 9.49. The molecule has 1 saturated carbocycles. The fourth-order valence-corrected chi connectivity index (χ4v) is 3.76. The minimum absolute atomic E-state index is 0.329. The molecule has 21 heavy (non-hydrogen) atoms. The van der Waals surface area contributed by atoms with Crippen LogP contribution in [0.1, 0.15) is 25.7 Å². The summed E-state index contributed by atoms with van der Waals surface area (Å²) in [6.07, 6.45) is 7.32. The van der Waals surface area contributed by atoms with Crippen LogP contribution in [-0.2, 0) is 0 Å². The maximum atomic E-state index is 6.10. The molecule has 3 aliphatic rings. The van der Waals surface area contributed by atoms with Gasteiger partial charge in [0.15, 0.2) is 5.96 Å². The van der Waals surface area contributed by atoms with Gasteiger partial charge in [0.25, 0.3) is 0 Å². The van der Waals surface area contributed by atoms with Crippen molar-refractivity contribution in [1.29, 1.82) is 0 Å². The molecular weight excluding hydrogens is 264 g/mol. The van der Waals surface area contributed by atoms with E-state index < -0.39 is 0 Å². The number of nitrogens with zero attached hydrogens (tertiary/aromatic N) is 3. The van der Waals surface area contributed by atoms with Gasteiger partial charge in [0.1, 0.15) is 11.5 Å². The normalized spacial score (nSPS) is 31.8. The van der Waals surface area contributed by atoms with E-state index in [-0.39, 0.29) is 5.66 Å². The quantitative estimate of drug-likeness (QED) is 0.688. The monoisotopic (exact) mass is 292 g/mol. The molecule has 0 aromatic rings. The Morgan fingerprint density at radius 3 is 2.57 bits per heavy atom.